The predicted octanol–water partition coefficient (Wildman–Crippen LogP) is 14.4. The standard InChI is InChI=1S/C48H41NS/c1-4-6-27-42(34-17-9-7-10-18-34)49-43(35-19-11-8-12-20-35)31-33(5-2)32(3)36-21-13-22-37(30-36)38-23-14-24-39-40-25-15-28-44-47(40)48-41(46(38)39)26-16-29-45(48)50-44/h7-30H,4-6,31H2,1-3H3/b33-32+,42-27+,49-43?. The Morgan fingerprint density at radius 1 is 0.600 bits per heavy atom. The molecule has 244 valence electrons. The number of allylic oxidation sites excluding steroid dienone is 3. The van der Waals surface area contributed by atoms with Crippen molar-refractivity contribution in [2.45, 2.75) is 46.5 Å². The highest BCUT2D eigenvalue weighted by Crippen LogP contribution is 2.47. The van der Waals surface area contributed by atoms with Crippen molar-refractivity contribution in [2.24, 2.45) is 4.99 Å². The van der Waals surface area contributed by atoms with Crippen molar-refractivity contribution < 1.29 is 0 Å². The van der Waals surface area contributed by atoms with Crippen molar-refractivity contribution in [2.75, 3.05) is 0 Å². The van der Waals surface area contributed by atoms with Crippen LogP contribution in [0.3, 0.4) is 0 Å². The van der Waals surface area contributed by atoms with Crippen LogP contribution < -0.4 is 0 Å². The fourth-order valence-electron chi connectivity index (χ4n) is 7.56. The molecule has 8 rings (SSSR count). The van der Waals surface area contributed by atoms with Crippen LogP contribution in [0.15, 0.2) is 156 Å². The predicted molar refractivity (Wildman–Crippen MR) is 221 cm³/mol. The van der Waals surface area contributed by atoms with E-state index in [0.29, 0.717) is 0 Å². The molecule has 8 aromatic rings. The van der Waals surface area contributed by atoms with Gasteiger partial charge in [0.15, 0.2) is 0 Å². The van der Waals surface area contributed by atoms with E-state index in [-0.39, 0.29) is 0 Å². The quantitative estimate of drug-likeness (QED) is 0.102. The smallest absolute Gasteiger partial charge is 0.0665 e. The molecule has 0 N–H and O–H groups in total. The number of hydrogen-bond acceptors (Lipinski definition) is 2. The first-order valence-electron chi connectivity index (χ1n) is 17.9. The molecule has 0 spiro atoms. The van der Waals surface area contributed by atoms with Gasteiger partial charge in [0.05, 0.1) is 11.4 Å². The second kappa shape index (κ2) is 13.9. The number of benzene rings is 7. The third-order valence-electron chi connectivity index (χ3n) is 10.1. The molecule has 0 unspecified atom stereocenters. The first-order valence-corrected chi connectivity index (χ1v) is 18.7. The minimum atomic E-state index is 0.792. The number of fused-ring (bicyclic) bond motifs is 3. The lowest BCUT2D eigenvalue weighted by Gasteiger charge is -2.17. The van der Waals surface area contributed by atoms with Gasteiger partial charge in [-0.3, -0.25) is 4.99 Å². The second-order valence-electron chi connectivity index (χ2n) is 13.2. The molecular formula is C48H41NS. The zero-order valence-corrected chi connectivity index (χ0v) is 29.9. The van der Waals surface area contributed by atoms with E-state index in [4.69, 9.17) is 4.99 Å². The Balaban J connectivity index is 1.25. The molecule has 0 aliphatic rings. The highest BCUT2D eigenvalue weighted by atomic mass is 32.1. The van der Waals surface area contributed by atoms with Crippen molar-refractivity contribution in [1.82, 2.24) is 0 Å². The highest BCUT2D eigenvalue weighted by Gasteiger charge is 2.18. The zero-order chi connectivity index (χ0) is 34.0. The van der Waals surface area contributed by atoms with Gasteiger partial charge >= 0.3 is 0 Å². The lowest BCUT2D eigenvalue weighted by molar-refractivity contribution is 0.958. The van der Waals surface area contributed by atoms with Crippen LogP contribution in [-0.2, 0) is 0 Å². The van der Waals surface area contributed by atoms with E-state index in [1.807, 2.05) is 11.3 Å². The third kappa shape index (κ3) is 5.84. The molecule has 0 bridgehead atoms. The summed E-state index contributed by atoms with van der Waals surface area (Å²) in [6.07, 6.45) is 6.13. The van der Waals surface area contributed by atoms with E-state index in [0.717, 1.165) is 42.7 Å². The van der Waals surface area contributed by atoms with Crippen LogP contribution in [0.2, 0.25) is 0 Å². The molecular weight excluding hydrogens is 623 g/mol. The summed E-state index contributed by atoms with van der Waals surface area (Å²) in [5, 5.41) is 8.17. The fraction of sp³-hybridized carbons (Fsp3) is 0.146. The van der Waals surface area contributed by atoms with Crippen LogP contribution in [-0.4, -0.2) is 5.71 Å². The minimum absolute atomic E-state index is 0.792. The van der Waals surface area contributed by atoms with E-state index >= 15 is 0 Å². The molecule has 50 heavy (non-hydrogen) atoms. The first kappa shape index (κ1) is 31.9. The number of unbranched alkanes of at least 4 members (excludes halogenated alkanes) is 1. The van der Waals surface area contributed by atoms with Gasteiger partial charge in [-0.2, -0.15) is 0 Å². The van der Waals surface area contributed by atoms with Crippen molar-refractivity contribution in [3.8, 4) is 11.1 Å². The normalized spacial score (nSPS) is 13.2. The van der Waals surface area contributed by atoms with Crippen LogP contribution in [0.1, 0.15) is 63.1 Å². The van der Waals surface area contributed by atoms with Gasteiger partial charge in [0, 0.05) is 26.6 Å². The van der Waals surface area contributed by atoms with Crippen LogP contribution >= 0.6 is 11.3 Å². The molecule has 1 heterocycles. The number of nitrogens with zero attached hydrogens (tertiary/aromatic N) is 1. The molecule has 0 radical (unpaired) electrons. The Morgan fingerprint density at radius 3 is 1.90 bits per heavy atom. The highest BCUT2D eigenvalue weighted by molar-refractivity contribution is 7.26. The van der Waals surface area contributed by atoms with Crippen LogP contribution in [0.4, 0.5) is 0 Å². The molecule has 0 atom stereocenters. The molecule has 0 saturated heterocycles. The molecule has 0 saturated carbocycles. The largest absolute Gasteiger partial charge is 0.252 e. The molecule has 7 aromatic carbocycles. The van der Waals surface area contributed by atoms with Gasteiger partial charge in [-0.05, 0) is 92.9 Å². The molecule has 0 aliphatic heterocycles. The summed E-state index contributed by atoms with van der Waals surface area (Å²) in [5.74, 6) is 0. The Bertz CT molecular complexity index is 2550. The minimum Gasteiger partial charge on any atom is -0.252 e. The first-order chi connectivity index (χ1) is 24.6. The number of rotatable bonds is 10. The van der Waals surface area contributed by atoms with Crippen molar-refractivity contribution in [3.63, 3.8) is 0 Å². The Kier molecular flexibility index (Phi) is 8.87. The van der Waals surface area contributed by atoms with Crippen molar-refractivity contribution in [1.29, 1.82) is 0 Å². The molecule has 0 amide bonds. The van der Waals surface area contributed by atoms with Gasteiger partial charge < -0.3 is 0 Å². The molecule has 0 fully saturated rings. The van der Waals surface area contributed by atoms with E-state index in [2.05, 4.69) is 166 Å². The number of hydrogen-bond donors (Lipinski definition) is 0. The summed E-state index contributed by atoms with van der Waals surface area (Å²) in [6.45, 7) is 6.80. The molecule has 2 heteroatoms. The maximum absolute atomic E-state index is 5.42. The Hall–Kier alpha value is -5.31. The van der Waals surface area contributed by atoms with Gasteiger partial charge in [0.2, 0.25) is 0 Å². The zero-order valence-electron chi connectivity index (χ0n) is 29.0. The van der Waals surface area contributed by atoms with E-state index < -0.39 is 0 Å². The van der Waals surface area contributed by atoms with E-state index in [1.165, 1.54) is 75.1 Å². The summed E-state index contributed by atoms with van der Waals surface area (Å²) in [7, 11) is 0. The second-order valence-corrected chi connectivity index (χ2v) is 14.3. The SMILES string of the molecule is CCC/C=C(/N=C(C/C(CC)=C(\C)c1cccc(-c2cccc3c4cccc5sc6cccc(c23)c6c54)c1)c1ccccc1)c1ccccc1. The van der Waals surface area contributed by atoms with E-state index in [1.54, 1.807) is 0 Å². The summed E-state index contributed by atoms with van der Waals surface area (Å²) < 4.78 is 2.73. The van der Waals surface area contributed by atoms with Crippen LogP contribution in [0.25, 0.3) is 64.1 Å². The maximum Gasteiger partial charge on any atom is 0.0665 e. The van der Waals surface area contributed by atoms with E-state index in [9.17, 15) is 0 Å². The summed E-state index contributed by atoms with van der Waals surface area (Å²) in [6, 6.07) is 51.0. The fourth-order valence-corrected chi connectivity index (χ4v) is 8.71. The van der Waals surface area contributed by atoms with Crippen LogP contribution in [0, 0.1) is 0 Å². The van der Waals surface area contributed by atoms with Crippen LogP contribution in [0.5, 0.6) is 0 Å². The monoisotopic (exact) mass is 663 g/mol. The van der Waals surface area contributed by atoms with Gasteiger partial charge in [0.1, 0.15) is 0 Å². The summed E-state index contributed by atoms with van der Waals surface area (Å²) in [4.78, 5) is 5.42. The summed E-state index contributed by atoms with van der Waals surface area (Å²) in [5.41, 5.74) is 11.0. The van der Waals surface area contributed by atoms with Gasteiger partial charge in [0.25, 0.3) is 0 Å². The number of aliphatic imine (C=N–C) groups is 1. The summed E-state index contributed by atoms with van der Waals surface area (Å²) >= 11 is 1.90. The Morgan fingerprint density at radius 2 is 1.20 bits per heavy atom. The molecule has 1 nitrogen and oxygen atoms in total. The van der Waals surface area contributed by atoms with Gasteiger partial charge in [-0.15, -0.1) is 11.3 Å². The van der Waals surface area contributed by atoms with Crippen molar-refractivity contribution >= 4 is 70.0 Å². The lowest BCUT2D eigenvalue weighted by Crippen LogP contribution is -2.05. The average molecular weight is 664 g/mol. The Labute approximate surface area is 299 Å². The van der Waals surface area contributed by atoms with Crippen molar-refractivity contribution in [3.05, 3.63) is 168 Å². The average Bonchev–Trinajstić information content (AvgIpc) is 3.57. The maximum atomic E-state index is 5.42. The molecule has 0 aliphatic carbocycles. The van der Waals surface area contributed by atoms with Gasteiger partial charge in [-0.1, -0.05) is 153 Å². The lowest BCUT2D eigenvalue weighted by atomic mass is 9.88. The third-order valence-corrected chi connectivity index (χ3v) is 11.3. The number of thiophene rings is 1. The van der Waals surface area contributed by atoms with Gasteiger partial charge in [-0.25, -0.2) is 0 Å². The topological polar surface area (TPSA) is 12.4 Å². The molecule has 1 aromatic heterocycles.